The van der Waals surface area contributed by atoms with E-state index in [-0.39, 0.29) is 5.56 Å². The lowest BCUT2D eigenvalue weighted by Crippen LogP contribution is -2.11. The van der Waals surface area contributed by atoms with Gasteiger partial charge in [0.2, 0.25) is 5.78 Å². The number of unbranched alkanes of at least 4 members (excludes halogenated alkanes) is 3. The molecule has 152 valence electrons. The monoisotopic (exact) mass is 384 g/mol. The first-order chi connectivity index (χ1) is 13.6. The van der Waals surface area contributed by atoms with Crippen molar-refractivity contribution in [1.29, 1.82) is 0 Å². The summed E-state index contributed by atoms with van der Waals surface area (Å²) in [5.41, 5.74) is 7.60. The molecule has 0 aliphatic carbocycles. The van der Waals surface area contributed by atoms with Crippen molar-refractivity contribution in [3.8, 4) is 16.9 Å². The second-order valence-electron chi connectivity index (χ2n) is 6.83. The Kier molecular flexibility index (Phi) is 8.75. The maximum atomic E-state index is 12.2. The van der Waals surface area contributed by atoms with Crippen LogP contribution < -0.4 is 16.0 Å². The Hall–Kier alpha value is -2.60. The summed E-state index contributed by atoms with van der Waals surface area (Å²) in [4.78, 5) is 19.3. The molecule has 0 fully saturated rings. The third kappa shape index (κ3) is 6.23. The lowest BCUT2D eigenvalue weighted by atomic mass is 10.1. The molecule has 0 bridgehead atoms. The Bertz CT molecular complexity index is 895. The molecular weight excluding hydrogens is 352 g/mol. The van der Waals surface area contributed by atoms with E-state index in [4.69, 9.17) is 10.5 Å². The van der Waals surface area contributed by atoms with Crippen LogP contribution in [0.25, 0.3) is 16.9 Å². The van der Waals surface area contributed by atoms with Gasteiger partial charge in [-0.15, -0.1) is 0 Å². The van der Waals surface area contributed by atoms with Crippen molar-refractivity contribution in [1.82, 2.24) is 14.4 Å². The van der Waals surface area contributed by atoms with Crippen molar-refractivity contribution in [3.63, 3.8) is 0 Å². The van der Waals surface area contributed by atoms with Crippen LogP contribution in [-0.2, 0) is 0 Å². The number of hydrogen-bond donors (Lipinski definition) is 2. The standard InChI is InChI=1S/C17H20N4O2.C5H12/c1-12-10-21-11-15(16(22)20-17(21)19-12)13-4-6-14(7-5-13)23-9-3-2-8-18;1-3-5-4-2/h4-7,10-11H,2-3,8-9,18H2,1H3,(H,19,20,22);3-5H2,1-2H3. The number of nitrogens with two attached hydrogens (primary N) is 1. The second-order valence-corrected chi connectivity index (χ2v) is 6.83. The molecule has 0 saturated carbocycles. The Morgan fingerprint density at radius 2 is 1.79 bits per heavy atom. The number of hydrogen-bond acceptors (Lipinski definition) is 4. The number of H-pyrrole nitrogens is 1. The first-order valence-corrected chi connectivity index (χ1v) is 10.1. The highest BCUT2D eigenvalue weighted by Gasteiger charge is 2.07. The SMILES string of the molecule is CCCCC.Cc1cn2cc(-c3ccc(OCCCCN)cc3)c(=O)[nH]c2n1. The van der Waals surface area contributed by atoms with Gasteiger partial charge in [-0.25, -0.2) is 4.98 Å². The van der Waals surface area contributed by atoms with Gasteiger partial charge >= 0.3 is 0 Å². The number of rotatable bonds is 8. The van der Waals surface area contributed by atoms with Gasteiger partial charge in [-0.3, -0.25) is 14.2 Å². The molecule has 2 aromatic heterocycles. The van der Waals surface area contributed by atoms with Gasteiger partial charge in [-0.05, 0) is 44.0 Å². The molecule has 3 N–H and O–H groups in total. The van der Waals surface area contributed by atoms with Crippen molar-refractivity contribution in [3.05, 3.63) is 52.7 Å². The summed E-state index contributed by atoms with van der Waals surface area (Å²) in [6.07, 6.45) is 9.65. The van der Waals surface area contributed by atoms with Crippen LogP contribution >= 0.6 is 0 Å². The van der Waals surface area contributed by atoms with Crippen LogP contribution in [0.1, 0.15) is 51.6 Å². The van der Waals surface area contributed by atoms with Crippen LogP contribution in [0.3, 0.4) is 0 Å². The number of fused-ring (bicyclic) bond motifs is 1. The quantitative estimate of drug-likeness (QED) is 0.567. The van der Waals surface area contributed by atoms with Gasteiger partial charge in [0.05, 0.1) is 17.9 Å². The Morgan fingerprint density at radius 1 is 1.07 bits per heavy atom. The lowest BCUT2D eigenvalue weighted by Gasteiger charge is -2.07. The summed E-state index contributed by atoms with van der Waals surface area (Å²) in [7, 11) is 0. The zero-order valence-electron chi connectivity index (χ0n) is 17.2. The second kappa shape index (κ2) is 11.3. The molecule has 0 aliphatic rings. The predicted octanol–water partition coefficient (Wildman–Crippen LogP) is 4.31. The van der Waals surface area contributed by atoms with Gasteiger partial charge < -0.3 is 10.5 Å². The summed E-state index contributed by atoms with van der Waals surface area (Å²) in [5.74, 6) is 1.35. The fraction of sp³-hybridized carbons (Fsp3) is 0.455. The normalized spacial score (nSPS) is 10.6. The summed E-state index contributed by atoms with van der Waals surface area (Å²) < 4.78 is 7.47. The molecule has 28 heavy (non-hydrogen) atoms. The topological polar surface area (TPSA) is 85.4 Å². The molecule has 0 radical (unpaired) electrons. The average Bonchev–Trinajstić information content (AvgIpc) is 3.05. The molecule has 0 atom stereocenters. The fourth-order valence-corrected chi connectivity index (χ4v) is 2.80. The Morgan fingerprint density at radius 3 is 2.39 bits per heavy atom. The van der Waals surface area contributed by atoms with Crippen molar-refractivity contribution in [2.45, 2.75) is 52.9 Å². The number of nitrogens with zero attached hydrogens (tertiary/aromatic N) is 2. The number of imidazole rings is 1. The van der Waals surface area contributed by atoms with E-state index >= 15 is 0 Å². The molecule has 0 unspecified atom stereocenters. The van der Waals surface area contributed by atoms with Gasteiger partial charge in [-0.1, -0.05) is 45.2 Å². The average molecular weight is 385 g/mol. The molecule has 0 aliphatic heterocycles. The molecular formula is C22H32N4O2. The summed E-state index contributed by atoms with van der Waals surface area (Å²) >= 11 is 0. The Labute approximate surface area is 166 Å². The fourth-order valence-electron chi connectivity index (χ4n) is 2.80. The van der Waals surface area contributed by atoms with E-state index in [9.17, 15) is 4.79 Å². The molecule has 0 amide bonds. The molecule has 6 nitrogen and oxygen atoms in total. The lowest BCUT2D eigenvalue weighted by molar-refractivity contribution is 0.308. The van der Waals surface area contributed by atoms with Crippen LogP contribution in [0, 0.1) is 6.92 Å². The number of aryl methyl sites for hydroxylation is 1. The van der Waals surface area contributed by atoms with Crippen LogP contribution in [0.4, 0.5) is 0 Å². The molecule has 3 aromatic rings. The number of aromatic amines is 1. The van der Waals surface area contributed by atoms with Crippen molar-refractivity contribution in [2.75, 3.05) is 13.2 Å². The van der Waals surface area contributed by atoms with E-state index in [1.165, 1.54) is 19.3 Å². The predicted molar refractivity (Wildman–Crippen MR) is 115 cm³/mol. The first kappa shape index (κ1) is 21.7. The highest BCUT2D eigenvalue weighted by atomic mass is 16.5. The number of benzene rings is 1. The summed E-state index contributed by atoms with van der Waals surface area (Å²) in [6, 6.07) is 7.53. The summed E-state index contributed by atoms with van der Waals surface area (Å²) in [6.45, 7) is 7.65. The minimum Gasteiger partial charge on any atom is -0.494 e. The Balaban J connectivity index is 0.000000500. The number of aromatic nitrogens is 3. The number of nitrogens with one attached hydrogen (secondary N) is 1. The largest absolute Gasteiger partial charge is 0.494 e. The van der Waals surface area contributed by atoms with Gasteiger partial charge in [0.25, 0.3) is 5.56 Å². The zero-order valence-corrected chi connectivity index (χ0v) is 17.2. The maximum Gasteiger partial charge on any atom is 0.260 e. The zero-order chi connectivity index (χ0) is 20.4. The molecule has 6 heteroatoms. The smallest absolute Gasteiger partial charge is 0.260 e. The van der Waals surface area contributed by atoms with E-state index in [1.54, 1.807) is 6.20 Å². The van der Waals surface area contributed by atoms with Gasteiger partial charge in [0.15, 0.2) is 0 Å². The van der Waals surface area contributed by atoms with Crippen LogP contribution in [0.5, 0.6) is 5.75 Å². The minimum atomic E-state index is -0.153. The highest BCUT2D eigenvalue weighted by Crippen LogP contribution is 2.20. The van der Waals surface area contributed by atoms with E-state index in [2.05, 4.69) is 23.8 Å². The van der Waals surface area contributed by atoms with Gasteiger partial charge in [0, 0.05) is 12.4 Å². The van der Waals surface area contributed by atoms with E-state index in [0.717, 1.165) is 29.8 Å². The summed E-state index contributed by atoms with van der Waals surface area (Å²) in [5, 5.41) is 0. The molecule has 1 aromatic carbocycles. The molecule has 2 heterocycles. The first-order valence-electron chi connectivity index (χ1n) is 10.1. The van der Waals surface area contributed by atoms with Gasteiger partial charge in [0.1, 0.15) is 5.75 Å². The minimum absolute atomic E-state index is 0.153. The maximum absolute atomic E-state index is 12.2. The molecule has 3 rings (SSSR count). The van der Waals surface area contributed by atoms with Crippen LogP contribution in [0.15, 0.2) is 41.5 Å². The number of ether oxygens (including phenoxy) is 1. The highest BCUT2D eigenvalue weighted by molar-refractivity contribution is 5.63. The third-order valence-corrected chi connectivity index (χ3v) is 4.33. The molecule has 0 spiro atoms. The van der Waals surface area contributed by atoms with Crippen molar-refractivity contribution >= 4 is 5.78 Å². The molecule has 0 saturated heterocycles. The van der Waals surface area contributed by atoms with Crippen LogP contribution in [0.2, 0.25) is 0 Å². The van der Waals surface area contributed by atoms with Crippen molar-refractivity contribution in [2.24, 2.45) is 5.73 Å². The van der Waals surface area contributed by atoms with E-state index in [0.29, 0.717) is 24.5 Å². The van der Waals surface area contributed by atoms with Gasteiger partial charge in [-0.2, -0.15) is 0 Å². The van der Waals surface area contributed by atoms with E-state index < -0.39 is 0 Å². The van der Waals surface area contributed by atoms with E-state index in [1.807, 2.05) is 41.8 Å². The van der Waals surface area contributed by atoms with Crippen LogP contribution in [-0.4, -0.2) is 27.5 Å². The third-order valence-electron chi connectivity index (χ3n) is 4.33. The van der Waals surface area contributed by atoms with Crippen molar-refractivity contribution < 1.29 is 4.74 Å².